The van der Waals surface area contributed by atoms with Crippen LogP contribution in [0.4, 0.5) is 0 Å². The van der Waals surface area contributed by atoms with Gasteiger partial charge in [-0.1, -0.05) is 0 Å². The van der Waals surface area contributed by atoms with Gasteiger partial charge in [0.2, 0.25) is 0 Å². The fourth-order valence-corrected chi connectivity index (χ4v) is 13.4. The first-order valence-electron chi connectivity index (χ1n) is 17.6. The van der Waals surface area contributed by atoms with Crippen molar-refractivity contribution < 1.29 is 54.6 Å². The molecule has 2 nitrogen and oxygen atoms in total. The van der Waals surface area contributed by atoms with Crippen molar-refractivity contribution in [3.8, 4) is 11.5 Å². The molecule has 0 amide bonds. The third-order valence-corrected chi connectivity index (χ3v) is 15.2. The van der Waals surface area contributed by atoms with Crippen LogP contribution in [-0.4, -0.2) is 0 Å². The summed E-state index contributed by atoms with van der Waals surface area (Å²) < 4.78 is 14.4. The molecule has 0 fully saturated rings. The minimum Gasteiger partial charge on any atom is -1.00 e. The zero-order valence-corrected chi connectivity index (χ0v) is 37.6. The van der Waals surface area contributed by atoms with Crippen molar-refractivity contribution in [1.29, 1.82) is 0 Å². The predicted molar refractivity (Wildman–Crippen MR) is 218 cm³/mol. The van der Waals surface area contributed by atoms with E-state index in [-0.39, 0.29) is 35.6 Å². The number of hydrogen-bond donors (Lipinski definition) is 0. The molecule has 6 aromatic carbocycles. The van der Waals surface area contributed by atoms with Crippen LogP contribution in [0.25, 0.3) is 0 Å². The topological polar surface area (TPSA) is 18.5 Å². The van der Waals surface area contributed by atoms with Gasteiger partial charge in [0.25, 0.3) is 0 Å². The van der Waals surface area contributed by atoms with Gasteiger partial charge >= 0.3 is 323 Å². The van der Waals surface area contributed by atoms with Crippen LogP contribution in [0.5, 0.6) is 11.5 Å². The summed E-state index contributed by atoms with van der Waals surface area (Å²) in [5.41, 5.74) is 4.73. The van der Waals surface area contributed by atoms with E-state index in [1.165, 1.54) is 54.1 Å². The Morgan fingerprint density at radius 3 is 0.925 bits per heavy atom. The van der Waals surface area contributed by atoms with Crippen molar-refractivity contribution in [3.05, 3.63) is 168 Å². The summed E-state index contributed by atoms with van der Waals surface area (Å²) in [6.07, 6.45) is 0. The van der Waals surface area contributed by atoms with Crippen molar-refractivity contribution in [3.63, 3.8) is 0 Å². The summed E-state index contributed by atoms with van der Waals surface area (Å²) in [5.74, 6) is 2.00. The van der Waals surface area contributed by atoms with Crippen molar-refractivity contribution in [2.75, 3.05) is 0 Å². The van der Waals surface area contributed by atoms with Crippen molar-refractivity contribution in [1.82, 2.24) is 0 Å². The van der Waals surface area contributed by atoms with Gasteiger partial charge in [-0.05, 0) is 0 Å². The van der Waals surface area contributed by atoms with Crippen LogP contribution < -0.4 is 62.3 Å². The van der Waals surface area contributed by atoms with Gasteiger partial charge in [-0.3, -0.25) is 0 Å². The molecule has 0 aliphatic heterocycles. The van der Waals surface area contributed by atoms with Gasteiger partial charge in [0, 0.05) is 0 Å². The first-order chi connectivity index (χ1) is 24.4. The molecule has 0 N–H and O–H groups in total. The van der Waals surface area contributed by atoms with E-state index >= 15 is 0 Å². The molecule has 0 unspecified atom stereocenters. The Balaban J connectivity index is 0.00000314. The third kappa shape index (κ3) is 10.3. The maximum absolute atomic E-state index is 7.19. The van der Waals surface area contributed by atoms with Crippen LogP contribution in [0, 0.1) is 13.8 Å². The van der Waals surface area contributed by atoms with Crippen LogP contribution in [0.15, 0.2) is 146 Å². The molecule has 7 heteroatoms. The van der Waals surface area contributed by atoms with Crippen molar-refractivity contribution >= 4 is 47.7 Å². The van der Waals surface area contributed by atoms with E-state index in [9.17, 15) is 0 Å². The molecule has 0 saturated carbocycles. The molecule has 0 radical (unpaired) electrons. The van der Waals surface area contributed by atoms with Crippen molar-refractivity contribution in [2.24, 2.45) is 0 Å². The molecule has 0 aromatic heterocycles. The van der Waals surface area contributed by atoms with E-state index in [1.54, 1.807) is 0 Å². The zero-order chi connectivity index (χ0) is 36.2. The first-order valence-corrected chi connectivity index (χ1v) is 22.3. The third-order valence-electron chi connectivity index (χ3n) is 8.87. The second-order valence-corrected chi connectivity index (χ2v) is 20.9. The Morgan fingerprint density at radius 2 is 0.679 bits per heavy atom. The molecule has 0 aliphatic carbocycles. The van der Waals surface area contributed by atoms with E-state index in [1.807, 2.05) is 0 Å². The maximum Gasteiger partial charge on any atom is -1.00 e. The number of rotatable bonds is 10. The van der Waals surface area contributed by atoms with E-state index in [2.05, 4.69) is 201 Å². The monoisotopic (exact) mass is 854 g/mol. The largest absolute Gasteiger partial charge is 1.00 e. The van der Waals surface area contributed by atoms with Crippen LogP contribution in [0.1, 0.15) is 63.8 Å². The van der Waals surface area contributed by atoms with Gasteiger partial charge in [0.15, 0.2) is 0 Å². The number of halogens is 2. The van der Waals surface area contributed by atoms with Gasteiger partial charge in [-0.15, -0.1) is 0 Å². The Kier molecular flexibility index (Phi) is 15.2. The molecule has 6 rings (SSSR count). The molecular formula is C46H48Cl2O2P2Zr. The van der Waals surface area contributed by atoms with Crippen molar-refractivity contribution in [2.45, 2.75) is 66.2 Å². The fourth-order valence-electron chi connectivity index (χ4n) is 6.44. The second kappa shape index (κ2) is 18.7. The molecule has 0 aliphatic rings. The number of benzene rings is 6. The molecule has 53 heavy (non-hydrogen) atoms. The molecule has 0 bridgehead atoms. The molecule has 0 atom stereocenters. The van der Waals surface area contributed by atoms with Crippen LogP contribution in [-0.2, 0) is 34.9 Å². The SMILES string of the molecule is Cc1cc(P(c2ccccc2)c2ccccc2)c([O][Zr+2][O]c2c(P(c3ccccc3)c3ccccc3)cc(C)cc2C(C)(C)C)c(C(C)(C)C)c1.[Cl-].[Cl-]. The van der Waals surface area contributed by atoms with E-state index < -0.39 is 40.0 Å². The van der Waals surface area contributed by atoms with Crippen LogP contribution in [0.3, 0.4) is 0 Å². The van der Waals surface area contributed by atoms with Gasteiger partial charge in [-0.2, -0.15) is 0 Å². The minimum atomic E-state index is -1.95. The Morgan fingerprint density at radius 1 is 0.415 bits per heavy atom. The number of hydrogen-bond acceptors (Lipinski definition) is 2. The van der Waals surface area contributed by atoms with Gasteiger partial charge in [0.1, 0.15) is 0 Å². The second-order valence-electron chi connectivity index (χ2n) is 15.1. The summed E-state index contributed by atoms with van der Waals surface area (Å²) in [5, 5.41) is 7.76. The fraction of sp³-hybridized carbons (Fsp3) is 0.217. The molecular weight excluding hydrogens is 809 g/mol. The molecule has 272 valence electrons. The maximum atomic E-state index is 7.19. The Hall–Kier alpha value is -2.76. The molecule has 6 aromatic rings. The van der Waals surface area contributed by atoms with E-state index in [0.717, 1.165) is 11.5 Å². The first kappa shape index (κ1) is 43.0. The Bertz CT molecular complexity index is 1840. The van der Waals surface area contributed by atoms with Gasteiger partial charge in [-0.25, -0.2) is 0 Å². The standard InChI is InChI=1S/2C23H25OP.2ClH.Zr/c2*1-17-15-20(23(2,3)4)22(24)21(16-17)25(18-11-7-5-8-12-18)19-13-9-6-10-14-19;;;/h2*5-16,24H,1-4H3;2*1H;/q;;;;+4/p-4. The summed E-state index contributed by atoms with van der Waals surface area (Å²) in [6.45, 7) is 18.2. The molecule has 0 spiro atoms. The van der Waals surface area contributed by atoms with Crippen LogP contribution in [0.2, 0.25) is 0 Å². The summed E-state index contributed by atoms with van der Waals surface area (Å²) in [4.78, 5) is 0. The quantitative estimate of drug-likeness (QED) is 0.196. The van der Waals surface area contributed by atoms with E-state index in [4.69, 9.17) is 5.63 Å². The van der Waals surface area contributed by atoms with E-state index in [0.29, 0.717) is 0 Å². The average molecular weight is 857 g/mol. The smallest absolute Gasteiger partial charge is 1.00 e. The normalized spacial score (nSPS) is 11.4. The predicted octanol–water partition coefficient (Wildman–Crippen LogP) is 3.79. The molecule has 0 saturated heterocycles. The van der Waals surface area contributed by atoms with Gasteiger partial charge < -0.3 is 24.8 Å². The summed E-state index contributed by atoms with van der Waals surface area (Å²) >= 11 is -1.95. The summed E-state index contributed by atoms with van der Waals surface area (Å²) in [7, 11) is -1.75. The van der Waals surface area contributed by atoms with Gasteiger partial charge in [0.05, 0.1) is 0 Å². The summed E-state index contributed by atoms with van der Waals surface area (Å²) in [6, 6.07) is 53.1. The number of aryl methyl sites for hydroxylation is 2. The zero-order valence-electron chi connectivity index (χ0n) is 31.8. The Labute approximate surface area is 345 Å². The van der Waals surface area contributed by atoms with Crippen LogP contribution >= 0.6 is 15.8 Å². The molecule has 0 heterocycles. The minimum absolute atomic E-state index is 0. The average Bonchev–Trinajstić information content (AvgIpc) is 3.11.